The van der Waals surface area contributed by atoms with E-state index >= 15 is 0 Å². The van der Waals surface area contributed by atoms with Crippen molar-refractivity contribution in [3.63, 3.8) is 0 Å². The zero-order valence-corrected chi connectivity index (χ0v) is 32.2. The van der Waals surface area contributed by atoms with Gasteiger partial charge in [0.25, 0.3) is 0 Å². The van der Waals surface area contributed by atoms with Crippen LogP contribution in [-0.2, 0) is 26.4 Å². The summed E-state index contributed by atoms with van der Waals surface area (Å²) in [5.41, 5.74) is 4.91. The highest BCUT2D eigenvalue weighted by Gasteiger charge is 2.45. The van der Waals surface area contributed by atoms with Crippen molar-refractivity contribution in [2.24, 2.45) is 0 Å². The van der Waals surface area contributed by atoms with Gasteiger partial charge >= 0.3 is 0 Å². The molecular formula is C47H44O10. The Morgan fingerprint density at radius 3 is 1.23 bits per heavy atom. The van der Waals surface area contributed by atoms with Gasteiger partial charge in [0, 0.05) is 11.1 Å². The number of benzene rings is 6. The second-order valence-corrected chi connectivity index (χ2v) is 13.4. The second-order valence-electron chi connectivity index (χ2n) is 13.4. The lowest BCUT2D eigenvalue weighted by Gasteiger charge is -2.23. The van der Waals surface area contributed by atoms with Gasteiger partial charge in [-0.3, -0.25) is 4.79 Å². The molecule has 0 saturated carbocycles. The molecule has 1 N–H and O–H groups in total. The van der Waals surface area contributed by atoms with Gasteiger partial charge in [-0.25, -0.2) is 0 Å². The summed E-state index contributed by atoms with van der Waals surface area (Å²) in [6.45, 7) is 0.878. The summed E-state index contributed by atoms with van der Waals surface area (Å²) < 4.78 is 46.8. The quantitative estimate of drug-likeness (QED) is 0.0968. The molecule has 0 radical (unpaired) electrons. The average Bonchev–Trinajstić information content (AvgIpc) is 3.53. The maximum atomic E-state index is 14.3. The van der Waals surface area contributed by atoms with Crippen LogP contribution in [0.25, 0.3) is 0 Å². The largest absolute Gasteiger partial charge is 0.497 e. The van der Waals surface area contributed by atoms with Crippen LogP contribution in [0.2, 0.25) is 0 Å². The number of carbonyl (C=O) groups excluding carboxylic acids is 1. The molecule has 0 fully saturated rings. The first kappa shape index (κ1) is 38.6. The Hall–Kier alpha value is -6.65. The van der Waals surface area contributed by atoms with Gasteiger partial charge < -0.3 is 43.0 Å². The minimum atomic E-state index is -1.48. The van der Waals surface area contributed by atoms with E-state index < -0.39 is 17.8 Å². The number of methoxy groups -OCH3 is 4. The van der Waals surface area contributed by atoms with E-state index in [0.29, 0.717) is 34.1 Å². The van der Waals surface area contributed by atoms with Gasteiger partial charge in [-0.1, -0.05) is 48.5 Å². The Labute approximate surface area is 332 Å². The summed E-state index contributed by atoms with van der Waals surface area (Å²) in [6.07, 6.45) is -1.48. The Morgan fingerprint density at radius 1 is 0.439 bits per heavy atom. The van der Waals surface area contributed by atoms with E-state index in [1.54, 1.807) is 46.6 Å². The summed E-state index contributed by atoms with van der Waals surface area (Å²) in [4.78, 5) is 14.3. The molecule has 2 atom stereocenters. The van der Waals surface area contributed by atoms with E-state index in [-0.39, 0.29) is 32.0 Å². The van der Waals surface area contributed by atoms with Gasteiger partial charge in [0.15, 0.2) is 5.78 Å². The van der Waals surface area contributed by atoms with Crippen LogP contribution in [0.3, 0.4) is 0 Å². The first-order chi connectivity index (χ1) is 27.9. The second kappa shape index (κ2) is 17.9. The normalized spacial score (nSPS) is 14.4. The molecule has 292 valence electrons. The molecule has 6 aromatic carbocycles. The van der Waals surface area contributed by atoms with Crippen molar-refractivity contribution in [2.45, 2.75) is 38.4 Å². The lowest BCUT2D eigenvalue weighted by atomic mass is 9.89. The predicted octanol–water partition coefficient (Wildman–Crippen LogP) is 8.73. The molecule has 0 amide bonds. The Balaban J connectivity index is 1.27. The molecule has 0 saturated heterocycles. The number of Topliss-reactive ketones (excluding diaryl/α,β-unsaturated/α-hetero) is 1. The molecule has 0 bridgehead atoms. The van der Waals surface area contributed by atoms with Crippen LogP contribution in [-0.4, -0.2) is 45.4 Å². The maximum absolute atomic E-state index is 14.3. The highest BCUT2D eigenvalue weighted by atomic mass is 16.5. The highest BCUT2D eigenvalue weighted by molar-refractivity contribution is 6.08. The summed E-state index contributed by atoms with van der Waals surface area (Å²) in [7, 11) is 6.46. The number of fused-ring (bicyclic) bond motifs is 1. The number of rotatable bonds is 17. The monoisotopic (exact) mass is 768 g/mol. The van der Waals surface area contributed by atoms with Gasteiger partial charge in [-0.05, 0) is 101 Å². The fraction of sp³-hybridized carbons (Fsp3) is 0.213. The molecule has 57 heavy (non-hydrogen) atoms. The molecule has 1 aliphatic carbocycles. The molecule has 1 aliphatic rings. The maximum Gasteiger partial charge on any atom is 0.196 e. The van der Waals surface area contributed by atoms with Crippen LogP contribution in [0.5, 0.6) is 46.0 Å². The molecule has 0 aromatic heterocycles. The number of hydrogen-bond acceptors (Lipinski definition) is 10. The topological polar surface area (TPSA) is 111 Å². The van der Waals surface area contributed by atoms with Crippen LogP contribution in [0.15, 0.2) is 127 Å². The third-order valence-electron chi connectivity index (χ3n) is 9.85. The molecule has 6 aromatic rings. The fourth-order valence-electron chi connectivity index (χ4n) is 6.70. The smallest absolute Gasteiger partial charge is 0.196 e. The van der Waals surface area contributed by atoms with Crippen molar-refractivity contribution in [3.05, 3.63) is 166 Å². The number of aliphatic hydroxyl groups excluding tert-OH is 1. The molecule has 10 nitrogen and oxygen atoms in total. The molecule has 0 spiro atoms. The van der Waals surface area contributed by atoms with Crippen LogP contribution in [0, 0.1) is 0 Å². The minimum absolute atomic E-state index is 0.182. The number of aliphatic hydroxyl groups is 1. The number of ether oxygens (including phenoxy) is 8. The lowest BCUT2D eigenvalue weighted by molar-refractivity contribution is 0.0748. The van der Waals surface area contributed by atoms with E-state index in [1.807, 2.05) is 109 Å². The average molecular weight is 769 g/mol. The zero-order chi connectivity index (χ0) is 39.7. The van der Waals surface area contributed by atoms with E-state index in [0.717, 1.165) is 45.3 Å². The Morgan fingerprint density at radius 2 is 0.789 bits per heavy atom. The minimum Gasteiger partial charge on any atom is -0.497 e. The molecule has 7 rings (SSSR count). The summed E-state index contributed by atoms with van der Waals surface area (Å²) in [5.74, 6) is 3.30. The zero-order valence-electron chi connectivity index (χ0n) is 32.2. The van der Waals surface area contributed by atoms with Crippen molar-refractivity contribution in [1.82, 2.24) is 0 Å². The van der Waals surface area contributed by atoms with Gasteiger partial charge in [0.05, 0.1) is 39.9 Å². The molecule has 0 heterocycles. The van der Waals surface area contributed by atoms with Crippen molar-refractivity contribution in [3.8, 4) is 46.0 Å². The van der Waals surface area contributed by atoms with E-state index in [1.165, 1.54) is 0 Å². The summed E-state index contributed by atoms with van der Waals surface area (Å²) in [6, 6.07) is 39.2. The molecular weight excluding hydrogens is 725 g/mol. The third-order valence-corrected chi connectivity index (χ3v) is 9.85. The van der Waals surface area contributed by atoms with Gasteiger partial charge in [0.2, 0.25) is 0 Å². The van der Waals surface area contributed by atoms with Crippen molar-refractivity contribution >= 4 is 5.78 Å². The van der Waals surface area contributed by atoms with E-state index in [4.69, 9.17) is 37.9 Å². The lowest BCUT2D eigenvalue weighted by Crippen LogP contribution is -2.21. The predicted molar refractivity (Wildman–Crippen MR) is 214 cm³/mol. The van der Waals surface area contributed by atoms with E-state index in [2.05, 4.69) is 0 Å². The Kier molecular flexibility index (Phi) is 12.1. The standard InChI is InChI=1S/C47H44O10/c1-50-34-13-5-30(6-14-34)26-54-38-21-22-40(55-27-31-7-15-35(51-2)16-8-31)39(25-38)43-44-41(56-28-32-9-17-36(52-3)18-10-32)23-24-42(45(44)47(49)46(43)48)57-29-33-11-19-37(53-4)20-12-33/h5-25,43,46,48H,26-29H2,1-4H3. The van der Waals surface area contributed by atoms with Gasteiger partial charge in [0.1, 0.15) is 78.5 Å². The molecule has 2 unspecified atom stereocenters. The van der Waals surface area contributed by atoms with Crippen LogP contribution in [0.4, 0.5) is 0 Å². The van der Waals surface area contributed by atoms with Crippen LogP contribution < -0.4 is 37.9 Å². The van der Waals surface area contributed by atoms with E-state index in [9.17, 15) is 9.90 Å². The number of ketones is 1. The first-order valence-electron chi connectivity index (χ1n) is 18.4. The first-order valence-corrected chi connectivity index (χ1v) is 18.4. The van der Waals surface area contributed by atoms with Crippen LogP contribution >= 0.6 is 0 Å². The number of carbonyl (C=O) groups is 1. The fourth-order valence-corrected chi connectivity index (χ4v) is 6.70. The van der Waals surface area contributed by atoms with Crippen molar-refractivity contribution < 1.29 is 47.8 Å². The van der Waals surface area contributed by atoms with Crippen LogP contribution in [0.1, 0.15) is 49.7 Å². The molecule has 10 heteroatoms. The van der Waals surface area contributed by atoms with Crippen molar-refractivity contribution in [1.29, 1.82) is 0 Å². The molecule has 0 aliphatic heterocycles. The van der Waals surface area contributed by atoms with Gasteiger partial charge in [-0.2, -0.15) is 0 Å². The van der Waals surface area contributed by atoms with Gasteiger partial charge in [-0.15, -0.1) is 0 Å². The summed E-state index contributed by atoms with van der Waals surface area (Å²) in [5, 5.41) is 12.0. The Bertz CT molecular complexity index is 2270. The third kappa shape index (κ3) is 8.92. The number of hydrogen-bond donors (Lipinski definition) is 1. The SMILES string of the molecule is COc1ccc(COc2ccc(OCc3ccc(OC)cc3)c(C3c4c(OCc5ccc(OC)cc5)ccc(OCc5ccc(OC)cc5)c4C(=O)C3O)c2)cc1. The highest BCUT2D eigenvalue weighted by Crippen LogP contribution is 2.50. The van der Waals surface area contributed by atoms with Crippen molar-refractivity contribution in [2.75, 3.05) is 28.4 Å². The summed E-state index contributed by atoms with van der Waals surface area (Å²) >= 11 is 0.